The van der Waals surface area contributed by atoms with Crippen molar-refractivity contribution in [3.63, 3.8) is 0 Å². The first-order valence-corrected chi connectivity index (χ1v) is 9.19. The maximum absolute atomic E-state index is 13.7. The fourth-order valence-electron chi connectivity index (χ4n) is 3.32. The minimum absolute atomic E-state index is 0.0367. The Bertz CT molecular complexity index is 962. The van der Waals surface area contributed by atoms with E-state index in [0.29, 0.717) is 11.3 Å². The highest BCUT2D eigenvalue weighted by molar-refractivity contribution is 5.90. The number of nitrogens with zero attached hydrogens (tertiary/aromatic N) is 1. The number of rotatable bonds is 5. The Hall–Kier alpha value is -3.17. The van der Waals surface area contributed by atoms with E-state index >= 15 is 0 Å². The van der Waals surface area contributed by atoms with Crippen molar-refractivity contribution < 1.29 is 41.0 Å². The van der Waals surface area contributed by atoms with Gasteiger partial charge in [-0.1, -0.05) is 36.4 Å². The molecule has 0 bridgehead atoms. The van der Waals surface area contributed by atoms with Crippen LogP contribution in [0.25, 0.3) is 0 Å². The molecular formula is C21H18F5NO4. The van der Waals surface area contributed by atoms with Crippen LogP contribution in [0.4, 0.5) is 22.0 Å². The molecule has 3 rings (SSSR count). The SMILES string of the molecule is COC(=O)[C@H]1c2ccc(OCc3ccccc3)cc2CCN1C(=O)C(F)(F)C(F)(F)F. The van der Waals surface area contributed by atoms with Crippen molar-refractivity contribution in [2.24, 2.45) is 0 Å². The Labute approximate surface area is 174 Å². The van der Waals surface area contributed by atoms with Crippen LogP contribution in [0.1, 0.15) is 22.7 Å². The molecule has 0 saturated carbocycles. The summed E-state index contributed by atoms with van der Waals surface area (Å²) in [5.74, 6) is -8.82. The van der Waals surface area contributed by atoms with Crippen LogP contribution in [0.2, 0.25) is 0 Å². The first-order chi connectivity index (χ1) is 14.6. The number of benzene rings is 2. The Morgan fingerprint density at radius 1 is 1.06 bits per heavy atom. The minimum Gasteiger partial charge on any atom is -0.489 e. The lowest BCUT2D eigenvalue weighted by molar-refractivity contribution is -0.275. The average molecular weight is 443 g/mol. The zero-order valence-electron chi connectivity index (χ0n) is 16.3. The largest absolute Gasteiger partial charge is 0.489 e. The predicted molar refractivity (Wildman–Crippen MR) is 98.4 cm³/mol. The molecule has 2 aromatic rings. The molecule has 0 spiro atoms. The number of carbonyl (C=O) groups is 2. The van der Waals surface area contributed by atoms with E-state index in [1.165, 1.54) is 12.1 Å². The summed E-state index contributed by atoms with van der Waals surface area (Å²) in [5.41, 5.74) is 1.50. The highest BCUT2D eigenvalue weighted by Gasteiger charge is 2.65. The number of carbonyl (C=O) groups excluding carboxylic acids is 2. The number of methoxy groups -OCH3 is 1. The first-order valence-electron chi connectivity index (χ1n) is 9.19. The fourth-order valence-corrected chi connectivity index (χ4v) is 3.32. The summed E-state index contributed by atoms with van der Waals surface area (Å²) in [5, 5.41) is 0. The Kier molecular flexibility index (Phi) is 6.19. The first kappa shape index (κ1) is 22.5. The van der Waals surface area contributed by atoms with Gasteiger partial charge >= 0.3 is 24.0 Å². The van der Waals surface area contributed by atoms with Gasteiger partial charge in [-0.3, -0.25) is 4.79 Å². The van der Waals surface area contributed by atoms with Crippen molar-refractivity contribution in [1.29, 1.82) is 0 Å². The summed E-state index contributed by atoms with van der Waals surface area (Å²) < 4.78 is 75.7. The third-order valence-electron chi connectivity index (χ3n) is 4.90. The Morgan fingerprint density at radius 2 is 1.74 bits per heavy atom. The van der Waals surface area contributed by atoms with Gasteiger partial charge in [-0.05, 0) is 35.2 Å². The van der Waals surface area contributed by atoms with E-state index in [0.717, 1.165) is 12.7 Å². The van der Waals surface area contributed by atoms with Gasteiger partial charge in [0.2, 0.25) is 0 Å². The van der Waals surface area contributed by atoms with E-state index in [2.05, 4.69) is 4.74 Å². The van der Waals surface area contributed by atoms with Gasteiger partial charge in [0.05, 0.1) is 7.11 Å². The molecule has 0 N–H and O–H groups in total. The topological polar surface area (TPSA) is 55.8 Å². The van der Waals surface area contributed by atoms with Crippen molar-refractivity contribution >= 4 is 11.9 Å². The monoisotopic (exact) mass is 443 g/mol. The summed E-state index contributed by atoms with van der Waals surface area (Å²) in [7, 11) is 0.957. The standard InChI is InChI=1S/C21H18F5NO4/c1-30-18(28)17-16-8-7-15(31-12-13-5-3-2-4-6-13)11-14(16)9-10-27(17)19(29)20(22,23)21(24,25)26/h2-8,11,17H,9-10,12H2,1H3/t17-/m1/s1. The lowest BCUT2D eigenvalue weighted by Gasteiger charge is -2.37. The molecule has 0 aliphatic carbocycles. The molecule has 31 heavy (non-hydrogen) atoms. The van der Waals surface area contributed by atoms with Crippen LogP contribution in [0.3, 0.4) is 0 Å². The molecule has 1 heterocycles. The lowest BCUT2D eigenvalue weighted by atomic mass is 9.91. The summed E-state index contributed by atoms with van der Waals surface area (Å²) in [6.07, 6.45) is -6.12. The van der Waals surface area contributed by atoms with Crippen molar-refractivity contribution in [1.82, 2.24) is 4.90 Å². The van der Waals surface area contributed by atoms with Crippen molar-refractivity contribution in [2.75, 3.05) is 13.7 Å². The Morgan fingerprint density at radius 3 is 2.35 bits per heavy atom. The van der Waals surface area contributed by atoms with Crippen LogP contribution in [0.15, 0.2) is 48.5 Å². The summed E-state index contributed by atoms with van der Waals surface area (Å²) in [6.45, 7) is -0.262. The molecule has 5 nitrogen and oxygen atoms in total. The van der Waals surface area contributed by atoms with Gasteiger partial charge in [0.15, 0.2) is 6.04 Å². The van der Waals surface area contributed by atoms with E-state index < -0.39 is 36.6 Å². The molecule has 0 unspecified atom stereocenters. The van der Waals surface area contributed by atoms with Gasteiger partial charge in [0.1, 0.15) is 12.4 Å². The van der Waals surface area contributed by atoms with Crippen LogP contribution in [-0.2, 0) is 27.4 Å². The number of ether oxygens (including phenoxy) is 2. The normalized spacial score (nSPS) is 16.5. The molecule has 10 heteroatoms. The molecule has 0 radical (unpaired) electrons. The second kappa shape index (κ2) is 8.52. The third kappa shape index (κ3) is 4.47. The van der Waals surface area contributed by atoms with Crippen LogP contribution in [0.5, 0.6) is 5.75 Å². The summed E-state index contributed by atoms with van der Waals surface area (Å²) in [6, 6.07) is 11.9. The van der Waals surface area contributed by atoms with Crippen molar-refractivity contribution in [3.8, 4) is 5.75 Å². The molecule has 2 aromatic carbocycles. The number of hydrogen-bond acceptors (Lipinski definition) is 4. The highest BCUT2D eigenvalue weighted by atomic mass is 19.4. The van der Waals surface area contributed by atoms with Crippen LogP contribution in [0, 0.1) is 0 Å². The zero-order valence-corrected chi connectivity index (χ0v) is 16.3. The number of hydrogen-bond donors (Lipinski definition) is 0. The molecule has 1 aliphatic heterocycles. The van der Waals surface area contributed by atoms with Gasteiger partial charge < -0.3 is 14.4 Å². The number of halogens is 5. The number of alkyl halides is 5. The molecule has 1 aliphatic rings. The van der Waals surface area contributed by atoms with E-state index in [9.17, 15) is 31.5 Å². The van der Waals surface area contributed by atoms with E-state index in [4.69, 9.17) is 4.74 Å². The maximum atomic E-state index is 13.7. The van der Waals surface area contributed by atoms with Gasteiger partial charge in [-0.15, -0.1) is 0 Å². The lowest BCUT2D eigenvalue weighted by Crippen LogP contribution is -2.55. The molecular weight excluding hydrogens is 425 g/mol. The van der Waals surface area contributed by atoms with Crippen LogP contribution >= 0.6 is 0 Å². The molecule has 0 fully saturated rings. The summed E-state index contributed by atoms with van der Waals surface area (Å²) >= 11 is 0. The molecule has 166 valence electrons. The fraction of sp³-hybridized carbons (Fsp3) is 0.333. The molecule has 1 atom stereocenters. The Balaban J connectivity index is 1.88. The molecule has 0 saturated heterocycles. The van der Waals surface area contributed by atoms with Crippen LogP contribution < -0.4 is 4.74 Å². The third-order valence-corrected chi connectivity index (χ3v) is 4.90. The zero-order chi connectivity index (χ0) is 22.8. The predicted octanol–water partition coefficient (Wildman–Crippen LogP) is 4.06. The average Bonchev–Trinajstić information content (AvgIpc) is 2.75. The summed E-state index contributed by atoms with van der Waals surface area (Å²) in [4.78, 5) is 24.5. The van der Waals surface area contributed by atoms with E-state index in [1.807, 2.05) is 30.3 Å². The van der Waals surface area contributed by atoms with Crippen molar-refractivity contribution in [3.05, 3.63) is 65.2 Å². The second-order valence-corrected chi connectivity index (χ2v) is 6.88. The molecule has 1 amide bonds. The van der Waals surface area contributed by atoms with Gasteiger partial charge in [-0.25, -0.2) is 4.79 Å². The van der Waals surface area contributed by atoms with Gasteiger partial charge in [0.25, 0.3) is 0 Å². The quantitative estimate of drug-likeness (QED) is 0.517. The smallest absolute Gasteiger partial charge is 0.463 e. The molecule has 0 aromatic heterocycles. The van der Waals surface area contributed by atoms with Crippen LogP contribution in [-0.4, -0.2) is 42.5 Å². The van der Waals surface area contributed by atoms with Crippen molar-refractivity contribution in [2.45, 2.75) is 31.2 Å². The van der Waals surface area contributed by atoms with Gasteiger partial charge in [0, 0.05) is 6.54 Å². The number of fused-ring (bicyclic) bond motifs is 1. The number of amides is 1. The minimum atomic E-state index is -6.08. The van der Waals surface area contributed by atoms with E-state index in [1.54, 1.807) is 6.07 Å². The maximum Gasteiger partial charge on any atom is 0.463 e. The van der Waals surface area contributed by atoms with E-state index in [-0.39, 0.29) is 23.5 Å². The van der Waals surface area contributed by atoms with Gasteiger partial charge in [-0.2, -0.15) is 22.0 Å². The number of esters is 1. The highest BCUT2D eigenvalue weighted by Crippen LogP contribution is 2.41. The second-order valence-electron chi connectivity index (χ2n) is 6.88.